The first-order chi connectivity index (χ1) is 17.1. The Labute approximate surface area is 204 Å². The highest BCUT2D eigenvalue weighted by Gasteiger charge is 2.30. The van der Waals surface area contributed by atoms with Crippen LogP contribution in [0.15, 0.2) is 22.9 Å². The van der Waals surface area contributed by atoms with Crippen LogP contribution in [0.5, 0.6) is 0 Å². The van der Waals surface area contributed by atoms with Crippen molar-refractivity contribution >= 4 is 22.6 Å². The van der Waals surface area contributed by atoms with Gasteiger partial charge in [-0.05, 0) is 50.7 Å². The second-order valence-corrected chi connectivity index (χ2v) is 9.88. The number of anilines is 1. The van der Waals surface area contributed by atoms with Gasteiger partial charge in [0.1, 0.15) is 23.2 Å². The lowest BCUT2D eigenvalue weighted by Crippen LogP contribution is -2.35. The van der Waals surface area contributed by atoms with E-state index in [9.17, 15) is 4.79 Å². The summed E-state index contributed by atoms with van der Waals surface area (Å²) in [5, 5.41) is 10.4. The molecule has 0 radical (unpaired) electrons. The van der Waals surface area contributed by atoms with Crippen molar-refractivity contribution in [3.05, 3.63) is 41.3 Å². The number of hydrogen-bond acceptors (Lipinski definition) is 6. The van der Waals surface area contributed by atoms with Gasteiger partial charge in [0.15, 0.2) is 5.82 Å². The average molecular weight is 484 g/mol. The highest BCUT2D eigenvalue weighted by molar-refractivity contribution is 5.95. The maximum Gasteiger partial charge on any atom is 0.257 e. The van der Waals surface area contributed by atoms with Crippen LogP contribution in [0.25, 0.3) is 11.0 Å². The maximum absolute atomic E-state index is 15.1. The molecule has 1 unspecified atom stereocenters. The number of aromatic amines is 1. The van der Waals surface area contributed by atoms with E-state index in [-0.39, 0.29) is 29.7 Å². The van der Waals surface area contributed by atoms with E-state index in [1.807, 2.05) is 6.07 Å². The Morgan fingerprint density at radius 1 is 1.11 bits per heavy atom. The van der Waals surface area contributed by atoms with Crippen LogP contribution in [0, 0.1) is 18.7 Å². The van der Waals surface area contributed by atoms with Gasteiger partial charge in [0.25, 0.3) is 5.91 Å². The van der Waals surface area contributed by atoms with Crippen molar-refractivity contribution in [1.29, 1.82) is 0 Å². The number of aryl methyl sites for hydroxylation is 1. The largest absolute Gasteiger partial charge is 0.382 e. The summed E-state index contributed by atoms with van der Waals surface area (Å²) in [4.78, 5) is 21.1. The van der Waals surface area contributed by atoms with Gasteiger partial charge in [0, 0.05) is 24.9 Å². The van der Waals surface area contributed by atoms with E-state index < -0.39 is 0 Å². The van der Waals surface area contributed by atoms with E-state index in [1.54, 1.807) is 6.92 Å². The van der Waals surface area contributed by atoms with Crippen LogP contribution in [0.4, 0.5) is 10.1 Å². The lowest BCUT2D eigenvalue weighted by Gasteiger charge is -2.28. The molecule has 1 aliphatic heterocycles. The molecule has 188 valence electrons. The molecule has 0 spiro atoms. The first-order valence-corrected chi connectivity index (χ1v) is 12.8. The minimum absolute atomic E-state index is 0.211. The highest BCUT2D eigenvalue weighted by atomic mass is 19.1. The number of hydrogen-bond donors (Lipinski definition) is 3. The number of halogens is 1. The average Bonchev–Trinajstić information content (AvgIpc) is 3.45. The predicted molar refractivity (Wildman–Crippen MR) is 131 cm³/mol. The van der Waals surface area contributed by atoms with E-state index in [0.29, 0.717) is 41.3 Å². The molecule has 1 aliphatic carbocycles. The number of aromatic nitrogens is 3. The monoisotopic (exact) mass is 483 g/mol. The fourth-order valence-corrected chi connectivity index (χ4v) is 5.36. The van der Waals surface area contributed by atoms with Gasteiger partial charge in [0.2, 0.25) is 0 Å². The molecule has 1 amide bonds. The van der Waals surface area contributed by atoms with Gasteiger partial charge in [-0.1, -0.05) is 37.3 Å². The number of benzene rings is 1. The van der Waals surface area contributed by atoms with Crippen molar-refractivity contribution in [2.45, 2.75) is 76.8 Å². The van der Waals surface area contributed by atoms with Crippen molar-refractivity contribution in [1.82, 2.24) is 20.4 Å². The Kier molecular flexibility index (Phi) is 7.32. The molecule has 2 fully saturated rings. The summed E-state index contributed by atoms with van der Waals surface area (Å²) < 4.78 is 25.5. The van der Waals surface area contributed by atoms with Crippen molar-refractivity contribution in [2.24, 2.45) is 5.92 Å². The van der Waals surface area contributed by atoms with Gasteiger partial charge in [0.05, 0.1) is 17.3 Å². The first kappa shape index (κ1) is 23.8. The van der Waals surface area contributed by atoms with Crippen molar-refractivity contribution in [2.75, 3.05) is 18.5 Å². The smallest absolute Gasteiger partial charge is 0.257 e. The molecule has 9 heteroatoms. The van der Waals surface area contributed by atoms with Crippen LogP contribution in [-0.4, -0.2) is 40.3 Å². The number of amides is 1. The van der Waals surface area contributed by atoms with Gasteiger partial charge >= 0.3 is 0 Å². The van der Waals surface area contributed by atoms with Gasteiger partial charge in [-0.3, -0.25) is 4.79 Å². The summed E-state index contributed by atoms with van der Waals surface area (Å²) in [6.45, 7) is 3.17. The molecule has 1 saturated carbocycles. The van der Waals surface area contributed by atoms with Crippen LogP contribution < -0.4 is 10.6 Å². The molecule has 35 heavy (non-hydrogen) atoms. The molecule has 1 aromatic carbocycles. The normalized spacial score (nSPS) is 19.3. The van der Waals surface area contributed by atoms with E-state index in [4.69, 9.17) is 9.26 Å². The summed E-state index contributed by atoms with van der Waals surface area (Å²) in [6, 6.07) is 3.32. The maximum atomic E-state index is 15.1. The molecule has 1 saturated heterocycles. The Morgan fingerprint density at radius 3 is 2.57 bits per heavy atom. The molecule has 3 N–H and O–H groups in total. The summed E-state index contributed by atoms with van der Waals surface area (Å²) in [5.41, 5.74) is 2.60. The number of H-pyrrole nitrogens is 1. The molecule has 8 nitrogen and oxygen atoms in total. The Bertz CT molecular complexity index is 1150. The summed E-state index contributed by atoms with van der Waals surface area (Å²) in [7, 11) is 0. The molecule has 2 aromatic heterocycles. The van der Waals surface area contributed by atoms with Crippen LogP contribution in [0.1, 0.15) is 85.7 Å². The zero-order valence-electron chi connectivity index (χ0n) is 20.2. The Hall–Kier alpha value is -2.94. The first-order valence-electron chi connectivity index (χ1n) is 12.8. The molecule has 2 aliphatic rings. The molecule has 0 bridgehead atoms. The highest BCUT2D eigenvalue weighted by Crippen LogP contribution is 2.34. The van der Waals surface area contributed by atoms with Gasteiger partial charge in [-0.2, -0.15) is 0 Å². The summed E-state index contributed by atoms with van der Waals surface area (Å²) in [6.07, 6.45) is 11.0. The van der Waals surface area contributed by atoms with Gasteiger partial charge < -0.3 is 24.9 Å². The summed E-state index contributed by atoms with van der Waals surface area (Å²) >= 11 is 0. The molecular weight excluding hydrogens is 449 g/mol. The zero-order valence-corrected chi connectivity index (χ0v) is 20.2. The van der Waals surface area contributed by atoms with Crippen molar-refractivity contribution in [3.63, 3.8) is 0 Å². The number of ether oxygens (including phenoxy) is 1. The Morgan fingerprint density at radius 2 is 1.86 bits per heavy atom. The zero-order chi connectivity index (χ0) is 24.2. The number of carbonyl (C=O) groups is 1. The number of fused-ring (bicyclic) bond motifs is 1. The standard InChI is InChI=1S/C26H34FN5O3/c1-16-20(15-35-32-16)26(33)31-23(17-7-5-3-2-4-6-8-17)25-29-22-14-19(13-21(27)24(22)30-25)28-18-9-11-34-12-10-18/h13-15,17-18,23,28H,2-12H2,1H3,(H,29,30)(H,31,33). The SMILES string of the molecule is Cc1nocc1C(=O)NC(c1nc2c(F)cc(NC3CCOCC3)cc2[nH]1)C1CCCCCCC1. The number of rotatable bonds is 6. The third-order valence-corrected chi connectivity index (χ3v) is 7.35. The molecule has 1 atom stereocenters. The fraction of sp³-hybridized carbons (Fsp3) is 0.577. The number of nitrogens with one attached hydrogen (secondary N) is 3. The predicted octanol–water partition coefficient (Wildman–Crippen LogP) is 5.42. The molecule has 3 heterocycles. The second-order valence-electron chi connectivity index (χ2n) is 9.88. The van der Waals surface area contributed by atoms with E-state index in [2.05, 4.69) is 25.8 Å². The summed E-state index contributed by atoms with van der Waals surface area (Å²) in [5.74, 6) is 0.175. The number of carbonyl (C=O) groups excluding carboxylic acids is 1. The second kappa shape index (κ2) is 10.8. The van der Waals surface area contributed by atoms with Gasteiger partial charge in [-0.25, -0.2) is 9.37 Å². The van der Waals surface area contributed by atoms with E-state index in [0.717, 1.165) is 44.2 Å². The minimum atomic E-state index is -0.378. The van der Waals surface area contributed by atoms with E-state index in [1.165, 1.54) is 31.6 Å². The molecule has 5 rings (SSSR count). The van der Waals surface area contributed by atoms with Crippen LogP contribution in [-0.2, 0) is 4.74 Å². The lowest BCUT2D eigenvalue weighted by atomic mass is 9.85. The lowest BCUT2D eigenvalue weighted by molar-refractivity contribution is 0.0903. The van der Waals surface area contributed by atoms with Crippen molar-refractivity contribution < 1.29 is 18.4 Å². The van der Waals surface area contributed by atoms with Crippen LogP contribution in [0.3, 0.4) is 0 Å². The molecular formula is C26H34FN5O3. The number of imidazole rings is 1. The van der Waals surface area contributed by atoms with Crippen LogP contribution in [0.2, 0.25) is 0 Å². The quantitative estimate of drug-likeness (QED) is 0.432. The van der Waals surface area contributed by atoms with E-state index >= 15 is 4.39 Å². The minimum Gasteiger partial charge on any atom is -0.382 e. The third kappa shape index (κ3) is 5.50. The van der Waals surface area contributed by atoms with Crippen LogP contribution >= 0.6 is 0 Å². The Balaban J connectivity index is 1.44. The number of nitrogens with zero attached hydrogens (tertiary/aromatic N) is 2. The third-order valence-electron chi connectivity index (χ3n) is 7.35. The molecule has 3 aromatic rings. The fourth-order valence-electron chi connectivity index (χ4n) is 5.36. The topological polar surface area (TPSA) is 105 Å². The van der Waals surface area contributed by atoms with Crippen molar-refractivity contribution in [3.8, 4) is 0 Å². The van der Waals surface area contributed by atoms with Gasteiger partial charge in [-0.15, -0.1) is 0 Å².